The van der Waals surface area contributed by atoms with Crippen LogP contribution in [0.4, 0.5) is 19.2 Å². The van der Waals surface area contributed by atoms with E-state index in [2.05, 4.69) is 6.07 Å². The SMILES string of the molecule is Cc1cc(-c2cc(C)c(OC(=O)OC(C)(C)C)c(C(c3ccc4ccccc4c3)c3cc(-c4ccc(OC(=O)OC(C)(C)C)c(C)c4)cc(C)c3OC(=O)OC(C)(C)C)c2)ccc1OC(=O)OC(C)(C)C. The van der Waals surface area contributed by atoms with Crippen LogP contribution in [0.3, 0.4) is 0 Å². The van der Waals surface area contributed by atoms with Crippen LogP contribution in [-0.4, -0.2) is 47.0 Å². The lowest BCUT2D eigenvalue weighted by molar-refractivity contribution is 0.0189. The fourth-order valence-electron chi connectivity index (χ4n) is 7.87. The summed E-state index contributed by atoms with van der Waals surface area (Å²) in [7, 11) is 0. The molecule has 0 saturated carbocycles. The fourth-order valence-corrected chi connectivity index (χ4v) is 7.87. The van der Waals surface area contributed by atoms with Gasteiger partial charge in [-0.25, -0.2) is 19.2 Å². The van der Waals surface area contributed by atoms with E-state index < -0.39 is 52.9 Å². The van der Waals surface area contributed by atoms with Crippen molar-refractivity contribution in [1.82, 2.24) is 0 Å². The summed E-state index contributed by atoms with van der Waals surface area (Å²) in [6.07, 6.45) is -3.47. The second kappa shape index (κ2) is 20.6. The van der Waals surface area contributed by atoms with Crippen molar-refractivity contribution in [2.24, 2.45) is 0 Å². The molecule has 0 saturated heterocycles. The summed E-state index contributed by atoms with van der Waals surface area (Å²) in [5.41, 5.74) is 4.14. The maximum absolute atomic E-state index is 13.8. The molecule has 0 aromatic heterocycles. The monoisotopic (exact) mass is 966 g/mol. The summed E-state index contributed by atoms with van der Waals surface area (Å²) in [5, 5.41) is 1.93. The average Bonchev–Trinajstić information content (AvgIpc) is 3.21. The maximum Gasteiger partial charge on any atom is 0.514 e. The Labute approximate surface area is 417 Å². The van der Waals surface area contributed by atoms with Crippen LogP contribution >= 0.6 is 0 Å². The van der Waals surface area contributed by atoms with Crippen molar-refractivity contribution >= 4 is 35.4 Å². The van der Waals surface area contributed by atoms with Crippen LogP contribution in [0.2, 0.25) is 0 Å². The smallest absolute Gasteiger partial charge is 0.428 e. The van der Waals surface area contributed by atoms with E-state index in [4.69, 9.17) is 37.9 Å². The third-order valence-electron chi connectivity index (χ3n) is 10.7. The van der Waals surface area contributed by atoms with E-state index in [1.807, 2.05) is 113 Å². The predicted molar refractivity (Wildman–Crippen MR) is 275 cm³/mol. The number of ether oxygens (including phenoxy) is 8. The van der Waals surface area contributed by atoms with Crippen LogP contribution in [0, 0.1) is 27.7 Å². The Morgan fingerprint density at radius 3 is 1.08 bits per heavy atom. The molecular weight excluding hydrogens is 901 g/mol. The molecule has 0 radical (unpaired) electrons. The first-order chi connectivity index (χ1) is 32.9. The van der Waals surface area contributed by atoms with E-state index in [9.17, 15) is 19.2 Å². The summed E-state index contributed by atoms with van der Waals surface area (Å²) in [6.45, 7) is 28.5. The molecule has 0 atom stereocenters. The van der Waals surface area contributed by atoms with Crippen molar-refractivity contribution in [2.75, 3.05) is 0 Å². The maximum atomic E-state index is 13.8. The third-order valence-corrected chi connectivity index (χ3v) is 10.7. The predicted octanol–water partition coefficient (Wildman–Crippen LogP) is 15.8. The second-order valence-corrected chi connectivity index (χ2v) is 21.7. The number of carbonyl (C=O) groups excluding carboxylic acids is 4. The molecule has 0 amide bonds. The van der Waals surface area contributed by atoms with Crippen LogP contribution in [-0.2, 0) is 18.9 Å². The molecule has 12 nitrogen and oxygen atoms in total. The molecule has 12 heteroatoms. The summed E-state index contributed by atoms with van der Waals surface area (Å²) in [5.74, 6) is 0.310. The van der Waals surface area contributed by atoms with E-state index in [-0.39, 0.29) is 11.5 Å². The molecule has 6 aromatic carbocycles. The van der Waals surface area contributed by atoms with Crippen molar-refractivity contribution in [2.45, 2.75) is 139 Å². The van der Waals surface area contributed by atoms with E-state index in [0.29, 0.717) is 44.9 Å². The van der Waals surface area contributed by atoms with E-state index in [1.54, 1.807) is 95.2 Å². The average molecular weight is 967 g/mol. The standard InChI is InChI=1S/C59H66O12/c1-34-27-40(23-25-47(34)64-52(60)68-56(5,6)7)43-29-36(3)50(66-54(62)70-58(11,12)13)45(32-43)49(42-22-21-38-19-17-18-20-39(38)31-42)46-33-44(30-37(4)51(46)67-55(63)71-59(14,15)16)41-24-26-48(35(2)28-41)65-53(61)69-57(8,9)10/h17-33,49H,1-16H3. The van der Waals surface area contributed by atoms with Gasteiger partial charge in [0.2, 0.25) is 0 Å². The van der Waals surface area contributed by atoms with E-state index in [0.717, 1.165) is 38.6 Å². The first kappa shape index (κ1) is 53.0. The molecule has 0 aliphatic carbocycles. The Balaban J connectivity index is 1.65. The van der Waals surface area contributed by atoms with Crippen LogP contribution in [0.15, 0.2) is 103 Å². The minimum atomic E-state index is -0.911. The Bertz CT molecular complexity index is 2830. The summed E-state index contributed by atoms with van der Waals surface area (Å²) in [4.78, 5) is 53.1. The van der Waals surface area contributed by atoms with Crippen LogP contribution < -0.4 is 18.9 Å². The van der Waals surface area contributed by atoms with Gasteiger partial charge in [-0.1, -0.05) is 54.6 Å². The van der Waals surface area contributed by atoms with Gasteiger partial charge in [0.05, 0.1) is 0 Å². The number of carbonyl (C=O) groups is 4. The highest BCUT2D eigenvalue weighted by molar-refractivity contribution is 5.84. The van der Waals surface area contributed by atoms with Gasteiger partial charge >= 0.3 is 24.6 Å². The van der Waals surface area contributed by atoms with Gasteiger partial charge < -0.3 is 37.9 Å². The van der Waals surface area contributed by atoms with Gasteiger partial charge in [-0.05, 0) is 220 Å². The lowest BCUT2D eigenvalue weighted by atomic mass is 9.80. The fraction of sp³-hybridized carbons (Fsp3) is 0.356. The molecule has 0 bridgehead atoms. The van der Waals surface area contributed by atoms with Gasteiger partial charge in [0.1, 0.15) is 45.4 Å². The first-order valence-corrected chi connectivity index (χ1v) is 23.5. The van der Waals surface area contributed by atoms with Crippen molar-refractivity contribution < 1.29 is 57.1 Å². The molecule has 71 heavy (non-hydrogen) atoms. The van der Waals surface area contributed by atoms with Gasteiger partial charge in [-0.3, -0.25) is 0 Å². The molecule has 0 heterocycles. The summed E-state index contributed by atoms with van der Waals surface area (Å²) in [6, 6.07) is 32.7. The van der Waals surface area contributed by atoms with Gasteiger partial charge in [0.15, 0.2) is 0 Å². The summed E-state index contributed by atoms with van der Waals surface area (Å²) < 4.78 is 46.2. The van der Waals surface area contributed by atoms with Gasteiger partial charge in [0.25, 0.3) is 0 Å². The second-order valence-electron chi connectivity index (χ2n) is 21.7. The lowest BCUT2D eigenvalue weighted by Crippen LogP contribution is -2.27. The van der Waals surface area contributed by atoms with Crippen LogP contribution in [0.5, 0.6) is 23.0 Å². The highest BCUT2D eigenvalue weighted by Crippen LogP contribution is 2.48. The van der Waals surface area contributed by atoms with E-state index >= 15 is 0 Å². The molecule has 6 rings (SSSR count). The van der Waals surface area contributed by atoms with Crippen molar-refractivity contribution in [3.8, 4) is 45.3 Å². The number of benzene rings is 6. The normalized spacial score (nSPS) is 12.0. The molecule has 374 valence electrons. The minimum absolute atomic E-state index is 0.230. The Morgan fingerprint density at radius 2 is 0.718 bits per heavy atom. The third kappa shape index (κ3) is 14.4. The molecule has 0 spiro atoms. The minimum Gasteiger partial charge on any atom is -0.428 e. The number of hydrogen-bond acceptors (Lipinski definition) is 12. The summed E-state index contributed by atoms with van der Waals surface area (Å²) >= 11 is 0. The first-order valence-electron chi connectivity index (χ1n) is 23.5. The highest BCUT2D eigenvalue weighted by Gasteiger charge is 2.32. The molecule has 0 aliphatic heterocycles. The molecule has 6 aromatic rings. The zero-order valence-electron chi connectivity index (χ0n) is 43.8. The zero-order valence-corrected chi connectivity index (χ0v) is 43.8. The molecule has 0 N–H and O–H groups in total. The number of fused-ring (bicyclic) bond motifs is 1. The molecular formula is C59H66O12. The Kier molecular flexibility index (Phi) is 15.3. The number of hydrogen-bond donors (Lipinski definition) is 0. The van der Waals surface area contributed by atoms with Crippen LogP contribution in [0.25, 0.3) is 33.0 Å². The zero-order chi connectivity index (χ0) is 52.4. The van der Waals surface area contributed by atoms with Crippen molar-refractivity contribution in [3.63, 3.8) is 0 Å². The number of rotatable bonds is 9. The lowest BCUT2D eigenvalue weighted by Gasteiger charge is -2.28. The van der Waals surface area contributed by atoms with Gasteiger partial charge in [0, 0.05) is 17.0 Å². The molecule has 0 fully saturated rings. The Morgan fingerprint density at radius 1 is 0.366 bits per heavy atom. The molecule has 0 aliphatic rings. The van der Waals surface area contributed by atoms with Crippen molar-refractivity contribution in [1.29, 1.82) is 0 Å². The highest BCUT2D eigenvalue weighted by atomic mass is 16.7. The van der Waals surface area contributed by atoms with E-state index in [1.165, 1.54) is 0 Å². The Hall–Kier alpha value is -7.34. The quantitative estimate of drug-likeness (QED) is 0.0589. The van der Waals surface area contributed by atoms with Gasteiger partial charge in [-0.15, -0.1) is 0 Å². The molecule has 0 unspecified atom stereocenters. The number of aryl methyl sites for hydroxylation is 4. The van der Waals surface area contributed by atoms with Gasteiger partial charge in [-0.2, -0.15) is 0 Å². The topological polar surface area (TPSA) is 142 Å². The van der Waals surface area contributed by atoms with Crippen molar-refractivity contribution in [3.05, 3.63) is 142 Å². The van der Waals surface area contributed by atoms with Crippen LogP contribution in [0.1, 0.15) is 128 Å². The largest absolute Gasteiger partial charge is 0.514 e.